The average Bonchev–Trinajstić information content (AvgIpc) is 3.15. The molecule has 1 aromatic carbocycles. The molecule has 0 saturated heterocycles. The lowest BCUT2D eigenvalue weighted by Gasteiger charge is -2.19. The monoisotopic (exact) mass is 339 g/mol. The molecule has 0 bridgehead atoms. The number of benzene rings is 1. The van der Waals surface area contributed by atoms with Crippen molar-refractivity contribution in [2.24, 2.45) is 0 Å². The molecule has 2 heterocycles. The first kappa shape index (κ1) is 16.9. The SMILES string of the molecule is COc1ccc(CN(C)C(=O)CCCn2cncn2)c2cccnc12. The van der Waals surface area contributed by atoms with Gasteiger partial charge in [0.25, 0.3) is 0 Å². The highest BCUT2D eigenvalue weighted by molar-refractivity contribution is 5.87. The first-order chi connectivity index (χ1) is 12.2. The molecule has 25 heavy (non-hydrogen) atoms. The summed E-state index contributed by atoms with van der Waals surface area (Å²) in [6.07, 6.45) is 6.11. The number of carbonyl (C=O) groups excluding carboxylic acids is 1. The first-order valence-corrected chi connectivity index (χ1v) is 8.16. The molecule has 0 fully saturated rings. The molecule has 0 aliphatic carbocycles. The van der Waals surface area contributed by atoms with Crippen molar-refractivity contribution in [2.45, 2.75) is 25.9 Å². The Hall–Kier alpha value is -2.96. The van der Waals surface area contributed by atoms with Crippen LogP contribution in [0.3, 0.4) is 0 Å². The third kappa shape index (κ3) is 3.93. The molecule has 0 aliphatic heterocycles. The highest BCUT2D eigenvalue weighted by atomic mass is 16.5. The minimum absolute atomic E-state index is 0.105. The van der Waals surface area contributed by atoms with Gasteiger partial charge in [-0.3, -0.25) is 14.5 Å². The van der Waals surface area contributed by atoms with Crippen LogP contribution in [0, 0.1) is 0 Å². The predicted molar refractivity (Wildman–Crippen MR) is 94.0 cm³/mol. The Morgan fingerprint density at radius 3 is 2.96 bits per heavy atom. The van der Waals surface area contributed by atoms with Gasteiger partial charge in [-0.1, -0.05) is 12.1 Å². The summed E-state index contributed by atoms with van der Waals surface area (Å²) in [4.78, 5) is 22.4. The molecule has 7 nitrogen and oxygen atoms in total. The molecule has 130 valence electrons. The van der Waals surface area contributed by atoms with E-state index < -0.39 is 0 Å². The van der Waals surface area contributed by atoms with Crippen LogP contribution in [0.5, 0.6) is 5.75 Å². The number of fused-ring (bicyclic) bond motifs is 1. The molecule has 0 radical (unpaired) electrons. The van der Waals surface area contributed by atoms with Gasteiger partial charge in [0, 0.05) is 38.1 Å². The van der Waals surface area contributed by atoms with Gasteiger partial charge in [0.05, 0.1) is 7.11 Å². The number of carbonyl (C=O) groups is 1. The zero-order valence-electron chi connectivity index (χ0n) is 14.4. The van der Waals surface area contributed by atoms with Crippen LogP contribution < -0.4 is 4.74 Å². The number of amides is 1. The van der Waals surface area contributed by atoms with E-state index in [1.165, 1.54) is 6.33 Å². The van der Waals surface area contributed by atoms with Crippen LogP contribution in [0.1, 0.15) is 18.4 Å². The third-order valence-electron chi connectivity index (χ3n) is 4.12. The fourth-order valence-electron chi connectivity index (χ4n) is 2.78. The van der Waals surface area contributed by atoms with Crippen molar-refractivity contribution in [2.75, 3.05) is 14.2 Å². The van der Waals surface area contributed by atoms with E-state index in [2.05, 4.69) is 15.1 Å². The minimum Gasteiger partial charge on any atom is -0.494 e. The van der Waals surface area contributed by atoms with Gasteiger partial charge >= 0.3 is 0 Å². The van der Waals surface area contributed by atoms with E-state index in [4.69, 9.17) is 4.74 Å². The number of hydrogen-bond donors (Lipinski definition) is 0. The van der Waals surface area contributed by atoms with E-state index in [0.29, 0.717) is 19.5 Å². The van der Waals surface area contributed by atoms with Gasteiger partial charge in [-0.2, -0.15) is 5.10 Å². The normalized spacial score (nSPS) is 10.8. The molecule has 0 atom stereocenters. The zero-order chi connectivity index (χ0) is 17.6. The van der Waals surface area contributed by atoms with E-state index >= 15 is 0 Å². The van der Waals surface area contributed by atoms with Gasteiger partial charge in [0.2, 0.25) is 5.91 Å². The maximum Gasteiger partial charge on any atom is 0.222 e. The van der Waals surface area contributed by atoms with Gasteiger partial charge in [-0.25, -0.2) is 4.98 Å². The van der Waals surface area contributed by atoms with Gasteiger partial charge < -0.3 is 9.64 Å². The van der Waals surface area contributed by atoms with E-state index in [9.17, 15) is 4.79 Å². The second-order valence-electron chi connectivity index (χ2n) is 5.84. The first-order valence-electron chi connectivity index (χ1n) is 8.16. The number of methoxy groups -OCH3 is 1. The van der Waals surface area contributed by atoms with Gasteiger partial charge in [0.15, 0.2) is 0 Å². The molecular formula is C18H21N5O2. The maximum atomic E-state index is 12.4. The summed E-state index contributed by atoms with van der Waals surface area (Å²) in [5.74, 6) is 0.842. The Bertz CT molecular complexity index is 848. The van der Waals surface area contributed by atoms with Crippen LogP contribution >= 0.6 is 0 Å². The summed E-state index contributed by atoms with van der Waals surface area (Å²) >= 11 is 0. The third-order valence-corrected chi connectivity index (χ3v) is 4.12. The topological polar surface area (TPSA) is 73.1 Å². The molecule has 0 spiro atoms. The molecule has 0 aliphatic rings. The highest BCUT2D eigenvalue weighted by Gasteiger charge is 2.13. The lowest BCUT2D eigenvalue weighted by molar-refractivity contribution is -0.130. The van der Waals surface area contributed by atoms with Crippen LogP contribution in [0.4, 0.5) is 0 Å². The zero-order valence-corrected chi connectivity index (χ0v) is 14.4. The Balaban J connectivity index is 1.65. The van der Waals surface area contributed by atoms with Crippen LogP contribution in [0.15, 0.2) is 43.1 Å². The molecule has 1 amide bonds. The number of rotatable bonds is 7. The number of ether oxygens (including phenoxy) is 1. The molecule has 7 heteroatoms. The van der Waals surface area contributed by atoms with Crippen molar-refractivity contribution in [3.63, 3.8) is 0 Å². The lowest BCUT2D eigenvalue weighted by Crippen LogP contribution is -2.26. The van der Waals surface area contributed by atoms with Crippen molar-refractivity contribution >= 4 is 16.8 Å². The maximum absolute atomic E-state index is 12.4. The molecule has 0 saturated carbocycles. The summed E-state index contributed by atoms with van der Waals surface area (Å²) < 4.78 is 7.10. The van der Waals surface area contributed by atoms with Crippen molar-refractivity contribution in [1.29, 1.82) is 0 Å². The van der Waals surface area contributed by atoms with E-state index in [1.807, 2.05) is 31.3 Å². The standard InChI is InChI=1S/C18H21N5O2/c1-22(17(24)6-4-10-23-13-19-12-21-23)11-14-7-8-16(25-2)18-15(14)5-3-9-20-18/h3,5,7-9,12-13H,4,6,10-11H2,1-2H3. The molecule has 3 rings (SSSR count). The fraction of sp³-hybridized carbons (Fsp3) is 0.333. The van der Waals surface area contributed by atoms with Gasteiger partial charge in [-0.15, -0.1) is 0 Å². The molecule has 0 unspecified atom stereocenters. The number of hydrogen-bond acceptors (Lipinski definition) is 5. The quantitative estimate of drug-likeness (QED) is 0.660. The second-order valence-corrected chi connectivity index (χ2v) is 5.84. The summed E-state index contributed by atoms with van der Waals surface area (Å²) in [5.41, 5.74) is 1.87. The Labute approximate surface area is 146 Å². The number of nitrogens with zero attached hydrogens (tertiary/aromatic N) is 5. The van der Waals surface area contributed by atoms with Crippen LogP contribution in [0.2, 0.25) is 0 Å². The Morgan fingerprint density at radius 1 is 1.32 bits per heavy atom. The molecule has 3 aromatic rings. The summed E-state index contributed by atoms with van der Waals surface area (Å²) in [6.45, 7) is 1.23. The van der Waals surface area contributed by atoms with Crippen LogP contribution in [-0.4, -0.2) is 44.7 Å². The van der Waals surface area contributed by atoms with E-state index in [1.54, 1.807) is 29.2 Å². The fourth-order valence-corrected chi connectivity index (χ4v) is 2.78. The smallest absolute Gasteiger partial charge is 0.222 e. The average molecular weight is 339 g/mol. The Kier molecular flexibility index (Phi) is 5.23. The second kappa shape index (κ2) is 7.74. The van der Waals surface area contributed by atoms with Gasteiger partial charge in [-0.05, 0) is 24.1 Å². The number of pyridine rings is 1. The van der Waals surface area contributed by atoms with E-state index in [0.717, 1.165) is 28.6 Å². The van der Waals surface area contributed by atoms with Crippen molar-refractivity contribution in [3.8, 4) is 5.75 Å². The van der Waals surface area contributed by atoms with E-state index in [-0.39, 0.29) is 5.91 Å². The molecule has 2 aromatic heterocycles. The Morgan fingerprint density at radius 2 is 2.20 bits per heavy atom. The molecule has 0 N–H and O–H groups in total. The molecular weight excluding hydrogens is 318 g/mol. The summed E-state index contributed by atoms with van der Waals surface area (Å²) in [5, 5.41) is 5.04. The summed E-state index contributed by atoms with van der Waals surface area (Å²) in [7, 11) is 3.46. The van der Waals surface area contributed by atoms with Crippen molar-refractivity contribution < 1.29 is 9.53 Å². The van der Waals surface area contributed by atoms with Crippen LogP contribution in [0.25, 0.3) is 10.9 Å². The lowest BCUT2D eigenvalue weighted by atomic mass is 10.1. The number of aryl methyl sites for hydroxylation is 1. The van der Waals surface area contributed by atoms with Gasteiger partial charge in [0.1, 0.15) is 23.9 Å². The van der Waals surface area contributed by atoms with Crippen LogP contribution in [-0.2, 0) is 17.9 Å². The van der Waals surface area contributed by atoms with Crippen molar-refractivity contribution in [3.05, 3.63) is 48.7 Å². The largest absolute Gasteiger partial charge is 0.494 e. The minimum atomic E-state index is 0.105. The predicted octanol–water partition coefficient (Wildman–Crippen LogP) is 2.27. The highest BCUT2D eigenvalue weighted by Crippen LogP contribution is 2.27. The van der Waals surface area contributed by atoms with Crippen molar-refractivity contribution in [1.82, 2.24) is 24.6 Å². The summed E-state index contributed by atoms with van der Waals surface area (Å²) in [6, 6.07) is 7.78. The number of aromatic nitrogens is 4.